The van der Waals surface area contributed by atoms with Gasteiger partial charge in [0, 0.05) is 0 Å². The molecule has 0 aliphatic heterocycles. The summed E-state index contributed by atoms with van der Waals surface area (Å²) in [4.78, 5) is 0. The van der Waals surface area contributed by atoms with Crippen LogP contribution in [0, 0.1) is 41.2 Å². The third-order valence-corrected chi connectivity index (χ3v) is 9.88. The molecule has 0 atom stereocenters. The topological polar surface area (TPSA) is 9.23 Å². The molecule has 3 heteroatoms. The number of halogens is 2. The second kappa shape index (κ2) is 14.0. The number of allylic oxidation sites excluding steroid dienone is 2. The molecule has 3 aliphatic carbocycles. The van der Waals surface area contributed by atoms with Gasteiger partial charge in [0.2, 0.25) is 5.82 Å². The van der Waals surface area contributed by atoms with Crippen molar-refractivity contribution in [3.8, 4) is 5.75 Å². The first-order chi connectivity index (χ1) is 17.6. The summed E-state index contributed by atoms with van der Waals surface area (Å²) in [6.07, 6.45) is 26.0. The number of hydrogen-bond donors (Lipinski definition) is 0. The quantitative estimate of drug-likeness (QED) is 0.290. The van der Waals surface area contributed by atoms with Gasteiger partial charge in [-0.3, -0.25) is 0 Å². The van der Waals surface area contributed by atoms with E-state index in [-0.39, 0.29) is 11.7 Å². The van der Waals surface area contributed by atoms with Crippen molar-refractivity contribution in [1.29, 1.82) is 0 Å². The Morgan fingerprint density at radius 3 is 2.00 bits per heavy atom. The van der Waals surface area contributed by atoms with Crippen LogP contribution in [0.15, 0.2) is 24.3 Å². The zero-order valence-corrected chi connectivity index (χ0v) is 23.0. The van der Waals surface area contributed by atoms with Crippen LogP contribution >= 0.6 is 0 Å². The third-order valence-electron chi connectivity index (χ3n) is 9.88. The van der Waals surface area contributed by atoms with Crippen molar-refractivity contribution in [3.05, 3.63) is 41.5 Å². The van der Waals surface area contributed by atoms with E-state index in [1.165, 1.54) is 77.0 Å². The SMILES string of the molecule is CCCC1CCC(C2CCC(/C=C/CCC3CCC(c4ccc(OCC)c(F)c4F)CC3)CC2)CC1. The predicted octanol–water partition coefficient (Wildman–Crippen LogP) is 10.4. The molecule has 0 aromatic heterocycles. The standard InChI is InChI=1S/C33H50F2O/c1-3-7-24-10-16-27(17-11-24)28-18-12-25(13-19-28)8-5-6-9-26-14-20-29(21-15-26)30-22-23-31(36-4-2)33(35)32(30)34/h5,8,22-29H,3-4,6-7,9-21H2,1-2H3/b8-5+. The normalized spacial score (nSPS) is 31.6. The Morgan fingerprint density at radius 1 is 0.750 bits per heavy atom. The van der Waals surface area contributed by atoms with Gasteiger partial charge >= 0.3 is 0 Å². The van der Waals surface area contributed by atoms with Crippen LogP contribution in [0.4, 0.5) is 8.78 Å². The van der Waals surface area contributed by atoms with Gasteiger partial charge in [0.25, 0.3) is 0 Å². The van der Waals surface area contributed by atoms with E-state index in [1.807, 2.05) is 0 Å². The highest BCUT2D eigenvalue weighted by atomic mass is 19.2. The molecule has 0 amide bonds. The number of benzene rings is 1. The molecule has 0 saturated heterocycles. The Morgan fingerprint density at radius 2 is 1.36 bits per heavy atom. The van der Waals surface area contributed by atoms with Crippen molar-refractivity contribution < 1.29 is 13.5 Å². The van der Waals surface area contributed by atoms with Crippen molar-refractivity contribution >= 4 is 0 Å². The van der Waals surface area contributed by atoms with Crippen molar-refractivity contribution in [2.75, 3.05) is 6.61 Å². The van der Waals surface area contributed by atoms with Crippen LogP contribution in [0.25, 0.3) is 0 Å². The third kappa shape index (κ3) is 7.35. The zero-order valence-electron chi connectivity index (χ0n) is 23.0. The zero-order chi connectivity index (χ0) is 25.3. The summed E-state index contributed by atoms with van der Waals surface area (Å²) in [6.45, 7) is 4.46. The molecule has 202 valence electrons. The first-order valence-electron chi connectivity index (χ1n) is 15.4. The molecule has 1 nitrogen and oxygen atoms in total. The Hall–Kier alpha value is -1.38. The van der Waals surface area contributed by atoms with E-state index in [0.29, 0.717) is 12.2 Å². The van der Waals surface area contributed by atoms with E-state index in [4.69, 9.17) is 4.74 Å². The molecule has 0 unspecified atom stereocenters. The monoisotopic (exact) mass is 500 g/mol. The summed E-state index contributed by atoms with van der Waals surface area (Å²) >= 11 is 0. The highest BCUT2D eigenvalue weighted by Crippen LogP contribution is 2.43. The number of ether oxygens (including phenoxy) is 1. The maximum absolute atomic E-state index is 14.6. The van der Waals surface area contributed by atoms with Crippen LogP contribution in [-0.2, 0) is 0 Å². The maximum Gasteiger partial charge on any atom is 0.200 e. The Bertz CT molecular complexity index is 809. The van der Waals surface area contributed by atoms with Gasteiger partial charge in [-0.05, 0) is 131 Å². The van der Waals surface area contributed by atoms with E-state index in [1.54, 1.807) is 19.1 Å². The number of rotatable bonds is 10. The molecule has 0 N–H and O–H groups in total. The molecule has 3 aliphatic rings. The fourth-order valence-corrected chi connectivity index (χ4v) is 7.68. The van der Waals surface area contributed by atoms with Crippen molar-refractivity contribution in [3.63, 3.8) is 0 Å². The number of hydrogen-bond acceptors (Lipinski definition) is 1. The molecule has 0 heterocycles. The largest absolute Gasteiger partial charge is 0.491 e. The van der Waals surface area contributed by atoms with Gasteiger partial charge in [0.1, 0.15) is 0 Å². The Balaban J connectivity index is 1.12. The molecule has 4 rings (SSSR count). The molecule has 0 radical (unpaired) electrons. The second-order valence-electron chi connectivity index (χ2n) is 12.2. The molecule has 1 aromatic rings. The van der Waals surface area contributed by atoms with Crippen LogP contribution in [0.1, 0.15) is 128 Å². The van der Waals surface area contributed by atoms with Gasteiger partial charge in [-0.1, -0.05) is 50.8 Å². The summed E-state index contributed by atoms with van der Waals surface area (Å²) in [6, 6.07) is 3.34. The first kappa shape index (κ1) is 27.6. The van der Waals surface area contributed by atoms with Gasteiger partial charge in [-0.15, -0.1) is 0 Å². The van der Waals surface area contributed by atoms with E-state index < -0.39 is 11.6 Å². The first-order valence-corrected chi connectivity index (χ1v) is 15.4. The molecule has 3 fully saturated rings. The summed E-state index contributed by atoms with van der Waals surface area (Å²) in [7, 11) is 0. The summed E-state index contributed by atoms with van der Waals surface area (Å²) in [5.74, 6) is 3.21. The minimum absolute atomic E-state index is 0.0299. The Kier molecular flexibility index (Phi) is 10.7. The van der Waals surface area contributed by atoms with Crippen molar-refractivity contribution in [2.45, 2.75) is 122 Å². The van der Waals surface area contributed by atoms with Crippen LogP contribution in [0.5, 0.6) is 5.75 Å². The summed E-state index contributed by atoms with van der Waals surface area (Å²) < 4.78 is 34.1. The van der Waals surface area contributed by atoms with Gasteiger partial charge < -0.3 is 4.74 Å². The van der Waals surface area contributed by atoms with Crippen molar-refractivity contribution in [1.82, 2.24) is 0 Å². The van der Waals surface area contributed by atoms with E-state index in [0.717, 1.165) is 55.3 Å². The lowest BCUT2D eigenvalue weighted by molar-refractivity contribution is 0.152. The van der Waals surface area contributed by atoms with Crippen LogP contribution in [0.2, 0.25) is 0 Å². The summed E-state index contributed by atoms with van der Waals surface area (Å²) in [5.41, 5.74) is 0.541. The highest BCUT2D eigenvalue weighted by molar-refractivity contribution is 5.33. The lowest BCUT2D eigenvalue weighted by Gasteiger charge is -2.37. The molecule has 3 saturated carbocycles. The van der Waals surface area contributed by atoms with Gasteiger partial charge in [-0.2, -0.15) is 4.39 Å². The average Bonchev–Trinajstić information content (AvgIpc) is 2.91. The van der Waals surface area contributed by atoms with Crippen LogP contribution in [0.3, 0.4) is 0 Å². The summed E-state index contributed by atoms with van der Waals surface area (Å²) in [5, 5.41) is 0. The second-order valence-corrected chi connectivity index (χ2v) is 12.2. The fourth-order valence-electron chi connectivity index (χ4n) is 7.68. The maximum atomic E-state index is 14.6. The molecular weight excluding hydrogens is 450 g/mol. The minimum Gasteiger partial charge on any atom is -0.491 e. The molecule has 1 aromatic carbocycles. The predicted molar refractivity (Wildman–Crippen MR) is 146 cm³/mol. The molecule has 0 spiro atoms. The lowest BCUT2D eigenvalue weighted by atomic mass is 9.68. The highest BCUT2D eigenvalue weighted by Gasteiger charge is 2.30. The van der Waals surface area contributed by atoms with E-state index in [9.17, 15) is 8.78 Å². The fraction of sp³-hybridized carbons (Fsp3) is 0.758. The molecule has 36 heavy (non-hydrogen) atoms. The Labute approximate surface area is 219 Å². The van der Waals surface area contributed by atoms with Crippen molar-refractivity contribution in [2.24, 2.45) is 29.6 Å². The van der Waals surface area contributed by atoms with Crippen LogP contribution < -0.4 is 4.74 Å². The average molecular weight is 501 g/mol. The van der Waals surface area contributed by atoms with E-state index >= 15 is 0 Å². The van der Waals surface area contributed by atoms with Gasteiger partial charge in [0.15, 0.2) is 11.6 Å². The minimum atomic E-state index is -0.824. The molecular formula is C33H50F2O. The van der Waals surface area contributed by atoms with E-state index in [2.05, 4.69) is 19.1 Å². The van der Waals surface area contributed by atoms with Gasteiger partial charge in [0.05, 0.1) is 6.61 Å². The molecule has 0 bridgehead atoms. The lowest BCUT2D eigenvalue weighted by Crippen LogP contribution is -2.25. The van der Waals surface area contributed by atoms with Crippen LogP contribution in [-0.4, -0.2) is 6.61 Å². The smallest absolute Gasteiger partial charge is 0.200 e. The van der Waals surface area contributed by atoms with Gasteiger partial charge in [-0.25, -0.2) is 4.39 Å².